The fraction of sp³-hybridized carbons (Fsp3) is 0.812. The van der Waals surface area contributed by atoms with Gasteiger partial charge >= 0.3 is 0 Å². The summed E-state index contributed by atoms with van der Waals surface area (Å²) in [5.74, 6) is 0. The number of aliphatic hydroxyl groups is 1. The average molecular weight is 279 g/mol. The number of aromatic nitrogens is 2. The van der Waals surface area contributed by atoms with Gasteiger partial charge in [0.1, 0.15) is 0 Å². The quantitative estimate of drug-likeness (QED) is 0.840. The molecule has 1 aromatic heterocycles. The van der Waals surface area contributed by atoms with Gasteiger partial charge in [-0.1, -0.05) is 13.8 Å². The van der Waals surface area contributed by atoms with Gasteiger partial charge in [0.25, 0.3) is 0 Å². The van der Waals surface area contributed by atoms with Gasteiger partial charge in [-0.05, 0) is 51.6 Å². The van der Waals surface area contributed by atoms with Gasteiger partial charge in [0.05, 0.1) is 11.3 Å². The smallest absolute Gasteiger partial charge is 0.0704 e. The number of nitrogens with one attached hydrogen (secondary N) is 1. The molecule has 0 bridgehead atoms. The highest BCUT2D eigenvalue weighted by molar-refractivity contribution is 5.13. The van der Waals surface area contributed by atoms with Gasteiger partial charge in [-0.2, -0.15) is 5.10 Å². The minimum Gasteiger partial charge on any atom is -0.389 e. The summed E-state index contributed by atoms with van der Waals surface area (Å²) < 4.78 is 2.05. The van der Waals surface area contributed by atoms with Crippen LogP contribution in [0, 0.1) is 0 Å². The van der Waals surface area contributed by atoms with E-state index in [0.29, 0.717) is 6.04 Å². The first-order chi connectivity index (χ1) is 9.60. The molecule has 2 rings (SSSR count). The van der Waals surface area contributed by atoms with Crippen LogP contribution in [-0.4, -0.2) is 33.1 Å². The molecule has 1 saturated carbocycles. The van der Waals surface area contributed by atoms with Gasteiger partial charge in [0, 0.05) is 24.7 Å². The molecule has 0 aliphatic heterocycles. The fourth-order valence-electron chi connectivity index (χ4n) is 3.27. The van der Waals surface area contributed by atoms with Gasteiger partial charge in [-0.25, -0.2) is 0 Å². The fourth-order valence-corrected chi connectivity index (χ4v) is 3.27. The largest absolute Gasteiger partial charge is 0.389 e. The molecule has 1 heterocycles. The molecule has 4 heteroatoms. The Morgan fingerprint density at radius 2 is 2.05 bits per heavy atom. The van der Waals surface area contributed by atoms with Crippen LogP contribution in [0.25, 0.3) is 0 Å². The molecule has 0 amide bonds. The van der Waals surface area contributed by atoms with E-state index in [1.807, 2.05) is 4.68 Å². The number of aryl methyl sites for hydroxylation is 2. The Balaban J connectivity index is 2.00. The van der Waals surface area contributed by atoms with Crippen LogP contribution < -0.4 is 5.32 Å². The third kappa shape index (κ3) is 3.61. The summed E-state index contributed by atoms with van der Waals surface area (Å²) in [6, 6.07) is 2.75. The molecule has 1 aliphatic rings. The monoisotopic (exact) mass is 279 g/mol. The van der Waals surface area contributed by atoms with Crippen molar-refractivity contribution in [2.75, 3.05) is 6.54 Å². The van der Waals surface area contributed by atoms with Crippen molar-refractivity contribution in [2.45, 2.75) is 77.5 Å². The van der Waals surface area contributed by atoms with E-state index in [-0.39, 0.29) is 0 Å². The van der Waals surface area contributed by atoms with Crippen molar-refractivity contribution in [3.63, 3.8) is 0 Å². The van der Waals surface area contributed by atoms with Crippen molar-refractivity contribution in [3.8, 4) is 0 Å². The lowest BCUT2D eigenvalue weighted by molar-refractivity contribution is -0.00455. The van der Waals surface area contributed by atoms with Crippen molar-refractivity contribution in [3.05, 3.63) is 17.5 Å². The molecular weight excluding hydrogens is 250 g/mol. The van der Waals surface area contributed by atoms with E-state index >= 15 is 0 Å². The van der Waals surface area contributed by atoms with Crippen LogP contribution in [0.4, 0.5) is 0 Å². The first-order valence-electron chi connectivity index (χ1n) is 8.11. The van der Waals surface area contributed by atoms with E-state index in [0.717, 1.165) is 57.3 Å². The van der Waals surface area contributed by atoms with Crippen LogP contribution >= 0.6 is 0 Å². The predicted octanol–water partition coefficient (Wildman–Crippen LogP) is 2.29. The van der Waals surface area contributed by atoms with Crippen LogP contribution in [0.2, 0.25) is 0 Å². The Labute approximate surface area is 122 Å². The summed E-state index contributed by atoms with van der Waals surface area (Å²) in [6.07, 6.45) is 5.63. The molecule has 0 spiro atoms. The van der Waals surface area contributed by atoms with Gasteiger partial charge in [0.15, 0.2) is 0 Å². The van der Waals surface area contributed by atoms with Gasteiger partial charge < -0.3 is 10.4 Å². The maximum Gasteiger partial charge on any atom is 0.0704 e. The van der Waals surface area contributed by atoms with Crippen LogP contribution in [0.1, 0.15) is 57.8 Å². The van der Waals surface area contributed by atoms with Gasteiger partial charge in [0.2, 0.25) is 0 Å². The van der Waals surface area contributed by atoms with Crippen molar-refractivity contribution >= 4 is 0 Å². The standard InChI is InChI=1S/C16H29N3O/c1-4-13-11-15(19(6-3)18-13)12-16(20)9-7-14(8-10-16)17-5-2/h11,14,17,20H,4-10,12H2,1-3H3. The third-order valence-corrected chi connectivity index (χ3v) is 4.49. The molecular formula is C16H29N3O. The second-order valence-corrected chi connectivity index (χ2v) is 6.03. The molecule has 20 heavy (non-hydrogen) atoms. The molecule has 1 fully saturated rings. The lowest BCUT2D eigenvalue weighted by Crippen LogP contribution is -2.42. The first kappa shape index (κ1) is 15.5. The zero-order chi connectivity index (χ0) is 14.6. The molecule has 2 N–H and O–H groups in total. The minimum atomic E-state index is -0.538. The number of nitrogens with zero attached hydrogens (tertiary/aromatic N) is 2. The lowest BCUT2D eigenvalue weighted by atomic mass is 9.79. The van der Waals surface area contributed by atoms with Crippen LogP contribution in [0.5, 0.6) is 0 Å². The molecule has 0 radical (unpaired) electrons. The van der Waals surface area contributed by atoms with Gasteiger partial charge in [-0.15, -0.1) is 0 Å². The van der Waals surface area contributed by atoms with E-state index in [1.54, 1.807) is 0 Å². The maximum absolute atomic E-state index is 10.8. The van der Waals surface area contributed by atoms with Gasteiger partial charge in [-0.3, -0.25) is 4.68 Å². The summed E-state index contributed by atoms with van der Waals surface area (Å²) in [5.41, 5.74) is 1.78. The third-order valence-electron chi connectivity index (χ3n) is 4.49. The van der Waals surface area contributed by atoms with Crippen molar-refractivity contribution < 1.29 is 5.11 Å². The van der Waals surface area contributed by atoms with E-state index in [9.17, 15) is 5.11 Å². The summed E-state index contributed by atoms with van der Waals surface area (Å²) in [4.78, 5) is 0. The molecule has 1 aliphatic carbocycles. The molecule has 0 atom stereocenters. The Morgan fingerprint density at radius 3 is 2.60 bits per heavy atom. The van der Waals surface area contributed by atoms with Crippen molar-refractivity contribution in [1.82, 2.24) is 15.1 Å². The number of hydrogen-bond acceptors (Lipinski definition) is 3. The molecule has 0 unspecified atom stereocenters. The molecule has 1 aromatic rings. The Kier molecular flexibility index (Phi) is 5.22. The van der Waals surface area contributed by atoms with E-state index in [2.05, 4.69) is 37.3 Å². The second-order valence-electron chi connectivity index (χ2n) is 6.03. The first-order valence-corrected chi connectivity index (χ1v) is 8.11. The second kappa shape index (κ2) is 6.72. The molecule has 4 nitrogen and oxygen atoms in total. The highest BCUT2D eigenvalue weighted by Gasteiger charge is 2.34. The average Bonchev–Trinajstić information content (AvgIpc) is 2.83. The highest BCUT2D eigenvalue weighted by Crippen LogP contribution is 2.31. The SMILES string of the molecule is CCNC1CCC(O)(Cc2cc(CC)nn2CC)CC1. The van der Waals surface area contributed by atoms with Crippen molar-refractivity contribution in [1.29, 1.82) is 0 Å². The molecule has 0 saturated heterocycles. The summed E-state index contributed by atoms with van der Waals surface area (Å²) in [5, 5.41) is 18.9. The van der Waals surface area contributed by atoms with E-state index < -0.39 is 5.60 Å². The zero-order valence-electron chi connectivity index (χ0n) is 13.2. The summed E-state index contributed by atoms with van der Waals surface area (Å²) in [6.45, 7) is 8.29. The van der Waals surface area contributed by atoms with Crippen LogP contribution in [0.3, 0.4) is 0 Å². The summed E-state index contributed by atoms with van der Waals surface area (Å²) in [7, 11) is 0. The molecule has 114 valence electrons. The lowest BCUT2D eigenvalue weighted by Gasteiger charge is -2.36. The number of rotatable bonds is 6. The van der Waals surface area contributed by atoms with Crippen LogP contribution in [-0.2, 0) is 19.4 Å². The molecule has 0 aromatic carbocycles. The Morgan fingerprint density at radius 1 is 1.35 bits per heavy atom. The topological polar surface area (TPSA) is 50.1 Å². The Hall–Kier alpha value is -0.870. The minimum absolute atomic E-state index is 0.538. The van der Waals surface area contributed by atoms with Crippen molar-refractivity contribution in [2.24, 2.45) is 0 Å². The Bertz CT molecular complexity index is 419. The predicted molar refractivity (Wildman–Crippen MR) is 81.9 cm³/mol. The van der Waals surface area contributed by atoms with E-state index in [4.69, 9.17) is 0 Å². The highest BCUT2D eigenvalue weighted by atomic mass is 16.3. The zero-order valence-corrected chi connectivity index (χ0v) is 13.2. The van der Waals surface area contributed by atoms with E-state index in [1.165, 1.54) is 5.69 Å². The summed E-state index contributed by atoms with van der Waals surface area (Å²) >= 11 is 0. The normalized spacial score (nSPS) is 26.9. The maximum atomic E-state index is 10.8. The van der Waals surface area contributed by atoms with Crippen LogP contribution in [0.15, 0.2) is 6.07 Å². The number of hydrogen-bond donors (Lipinski definition) is 2.